The van der Waals surface area contributed by atoms with Crippen molar-refractivity contribution in [2.24, 2.45) is 0 Å². The van der Waals surface area contributed by atoms with Crippen LogP contribution in [0.4, 0.5) is 18.9 Å². The maximum atomic E-state index is 13.5. The minimum Gasteiger partial charge on any atom is -0.334 e. The lowest BCUT2D eigenvalue weighted by Gasteiger charge is -2.22. The number of benzene rings is 1. The van der Waals surface area contributed by atoms with Crippen molar-refractivity contribution >= 4 is 17.5 Å². The molecule has 0 spiro atoms. The van der Waals surface area contributed by atoms with Crippen molar-refractivity contribution in [3.05, 3.63) is 41.7 Å². The molecule has 2 N–H and O–H groups in total. The summed E-state index contributed by atoms with van der Waals surface area (Å²) in [6, 6.07) is 1.67. The summed E-state index contributed by atoms with van der Waals surface area (Å²) in [5, 5.41) is 2.18. The molecule has 0 aliphatic rings. The van der Waals surface area contributed by atoms with Gasteiger partial charge in [0.25, 0.3) is 11.8 Å². The molecule has 138 valence electrons. The molecule has 0 aliphatic heterocycles. The van der Waals surface area contributed by atoms with Gasteiger partial charge in [-0.1, -0.05) is 12.2 Å². The van der Waals surface area contributed by atoms with E-state index in [1.165, 1.54) is 0 Å². The molecule has 0 heterocycles. The lowest BCUT2D eigenvalue weighted by Crippen LogP contribution is -3.11. The minimum absolute atomic E-state index is 0.0643. The van der Waals surface area contributed by atoms with Gasteiger partial charge < -0.3 is 15.1 Å². The molecule has 2 amide bonds. The Hall–Kier alpha value is -2.35. The standard InChI is InChI=1S/C17H22F3N3O2/c1-5-23(8-11(2)3)15(25)10-22(4)9-14(24)21-13-7-6-12(18)16(19)17(13)20/h6-7H,2,5,8-10H2,1,3-4H3,(H,21,24)/p+1. The van der Waals surface area contributed by atoms with Gasteiger partial charge in [0.15, 0.2) is 30.5 Å². The van der Waals surface area contributed by atoms with E-state index in [2.05, 4.69) is 11.9 Å². The first kappa shape index (κ1) is 20.7. The zero-order valence-corrected chi connectivity index (χ0v) is 14.6. The second-order valence-corrected chi connectivity index (χ2v) is 5.95. The molecule has 0 bridgehead atoms. The number of carbonyl (C=O) groups excluding carboxylic acids is 2. The van der Waals surface area contributed by atoms with Crippen LogP contribution in [0.1, 0.15) is 13.8 Å². The van der Waals surface area contributed by atoms with E-state index in [-0.39, 0.29) is 19.0 Å². The third-order valence-electron chi connectivity index (χ3n) is 3.42. The molecule has 0 saturated carbocycles. The van der Waals surface area contributed by atoms with Gasteiger partial charge in [0.1, 0.15) is 0 Å². The molecular weight excluding hydrogens is 335 g/mol. The first-order valence-electron chi connectivity index (χ1n) is 7.82. The van der Waals surface area contributed by atoms with E-state index >= 15 is 0 Å². The number of halogens is 3. The van der Waals surface area contributed by atoms with Crippen LogP contribution in [-0.2, 0) is 9.59 Å². The van der Waals surface area contributed by atoms with E-state index in [1.807, 2.05) is 13.8 Å². The highest BCUT2D eigenvalue weighted by molar-refractivity contribution is 5.91. The lowest BCUT2D eigenvalue weighted by atomic mass is 10.2. The summed E-state index contributed by atoms with van der Waals surface area (Å²) in [6.07, 6.45) is 0. The maximum absolute atomic E-state index is 13.5. The van der Waals surface area contributed by atoms with Crippen molar-refractivity contribution in [1.29, 1.82) is 0 Å². The van der Waals surface area contributed by atoms with E-state index in [9.17, 15) is 22.8 Å². The number of hydrogen-bond donors (Lipinski definition) is 2. The number of likely N-dealkylation sites (N-methyl/N-ethyl adjacent to an activating group) is 2. The highest BCUT2D eigenvalue weighted by Gasteiger charge is 2.20. The van der Waals surface area contributed by atoms with Gasteiger partial charge in [0, 0.05) is 13.1 Å². The van der Waals surface area contributed by atoms with Crippen LogP contribution in [-0.4, -0.2) is 49.9 Å². The van der Waals surface area contributed by atoms with Gasteiger partial charge in [-0.25, -0.2) is 13.2 Å². The maximum Gasteiger partial charge on any atom is 0.279 e. The van der Waals surface area contributed by atoms with Gasteiger partial charge in [-0.15, -0.1) is 0 Å². The smallest absolute Gasteiger partial charge is 0.279 e. The molecule has 1 aromatic rings. The molecule has 5 nitrogen and oxygen atoms in total. The summed E-state index contributed by atoms with van der Waals surface area (Å²) in [6.45, 7) is 8.31. The van der Waals surface area contributed by atoms with E-state index in [0.29, 0.717) is 18.0 Å². The fourth-order valence-corrected chi connectivity index (χ4v) is 2.23. The Morgan fingerprint density at radius 1 is 1.20 bits per heavy atom. The number of hydrogen-bond acceptors (Lipinski definition) is 2. The Kier molecular flexibility index (Phi) is 7.63. The predicted octanol–water partition coefficient (Wildman–Crippen LogP) is 0.982. The Morgan fingerprint density at radius 3 is 2.40 bits per heavy atom. The molecule has 0 radical (unpaired) electrons. The number of anilines is 1. The van der Waals surface area contributed by atoms with Crippen LogP contribution in [0.25, 0.3) is 0 Å². The Labute approximate surface area is 145 Å². The SMILES string of the molecule is C=C(C)CN(CC)C(=O)C[NH+](C)CC(=O)Nc1ccc(F)c(F)c1F. The van der Waals surface area contributed by atoms with Gasteiger partial charge in [-0.2, -0.15) is 0 Å². The zero-order valence-electron chi connectivity index (χ0n) is 14.6. The lowest BCUT2D eigenvalue weighted by molar-refractivity contribution is -0.862. The van der Waals surface area contributed by atoms with Gasteiger partial charge in [-0.3, -0.25) is 9.59 Å². The zero-order chi connectivity index (χ0) is 19.1. The monoisotopic (exact) mass is 358 g/mol. The van der Waals surface area contributed by atoms with Crippen molar-refractivity contribution < 1.29 is 27.7 Å². The van der Waals surface area contributed by atoms with Crippen molar-refractivity contribution in [1.82, 2.24) is 4.90 Å². The average Bonchev–Trinajstić information content (AvgIpc) is 2.52. The van der Waals surface area contributed by atoms with Crippen LogP contribution in [0.2, 0.25) is 0 Å². The van der Waals surface area contributed by atoms with Crippen molar-refractivity contribution in [2.45, 2.75) is 13.8 Å². The topological polar surface area (TPSA) is 53.9 Å². The second-order valence-electron chi connectivity index (χ2n) is 5.95. The van der Waals surface area contributed by atoms with Crippen molar-refractivity contribution in [3.8, 4) is 0 Å². The first-order chi connectivity index (χ1) is 11.6. The highest BCUT2D eigenvalue weighted by Crippen LogP contribution is 2.19. The molecule has 1 atom stereocenters. The fraction of sp³-hybridized carbons (Fsp3) is 0.412. The molecule has 0 aliphatic carbocycles. The van der Waals surface area contributed by atoms with Crippen LogP contribution < -0.4 is 10.2 Å². The summed E-state index contributed by atoms with van der Waals surface area (Å²) < 4.78 is 39.6. The summed E-state index contributed by atoms with van der Waals surface area (Å²) >= 11 is 0. The average molecular weight is 358 g/mol. The van der Waals surface area contributed by atoms with E-state index < -0.39 is 29.0 Å². The number of nitrogens with one attached hydrogen (secondary N) is 2. The second kappa shape index (κ2) is 9.22. The summed E-state index contributed by atoms with van der Waals surface area (Å²) in [7, 11) is 1.63. The normalized spacial score (nSPS) is 11.8. The third-order valence-corrected chi connectivity index (χ3v) is 3.42. The predicted molar refractivity (Wildman–Crippen MR) is 88.6 cm³/mol. The number of rotatable bonds is 8. The number of carbonyl (C=O) groups is 2. The molecule has 1 rings (SSSR count). The number of quaternary nitrogens is 1. The number of amides is 2. The van der Waals surface area contributed by atoms with Crippen molar-refractivity contribution in [2.75, 3.05) is 38.5 Å². The fourth-order valence-electron chi connectivity index (χ4n) is 2.23. The summed E-state index contributed by atoms with van der Waals surface area (Å²) in [5.74, 6) is -5.19. The van der Waals surface area contributed by atoms with Crippen LogP contribution in [0.3, 0.4) is 0 Å². The van der Waals surface area contributed by atoms with Crippen LogP contribution >= 0.6 is 0 Å². The third kappa shape index (κ3) is 6.22. The molecule has 0 saturated heterocycles. The molecule has 0 fully saturated rings. The van der Waals surface area contributed by atoms with Gasteiger partial charge in [0.05, 0.1) is 12.7 Å². The van der Waals surface area contributed by atoms with E-state index in [1.54, 1.807) is 11.9 Å². The molecule has 1 aromatic carbocycles. The van der Waals surface area contributed by atoms with Crippen molar-refractivity contribution in [3.63, 3.8) is 0 Å². The van der Waals surface area contributed by atoms with Gasteiger partial charge in [0.2, 0.25) is 0 Å². The van der Waals surface area contributed by atoms with E-state index in [4.69, 9.17) is 0 Å². The Morgan fingerprint density at radius 2 is 1.84 bits per heavy atom. The van der Waals surface area contributed by atoms with Crippen LogP contribution in [0.15, 0.2) is 24.3 Å². The van der Waals surface area contributed by atoms with Crippen LogP contribution in [0, 0.1) is 17.5 Å². The Bertz CT molecular complexity index is 665. The highest BCUT2D eigenvalue weighted by atomic mass is 19.2. The molecule has 1 unspecified atom stereocenters. The molecule has 0 aromatic heterocycles. The molecule has 25 heavy (non-hydrogen) atoms. The quantitative estimate of drug-likeness (QED) is 0.538. The molecule has 8 heteroatoms. The largest absolute Gasteiger partial charge is 0.334 e. The van der Waals surface area contributed by atoms with Crippen LogP contribution in [0.5, 0.6) is 0 Å². The van der Waals surface area contributed by atoms with E-state index in [0.717, 1.165) is 17.7 Å². The summed E-state index contributed by atoms with van der Waals surface area (Å²) in [5.41, 5.74) is 0.403. The number of nitrogens with zero attached hydrogens (tertiary/aromatic N) is 1. The Balaban J connectivity index is 2.61. The molecular formula is C17H23F3N3O2+. The summed E-state index contributed by atoms with van der Waals surface area (Å²) in [4.78, 5) is 26.3. The van der Waals surface area contributed by atoms with Gasteiger partial charge >= 0.3 is 0 Å². The van der Waals surface area contributed by atoms with Gasteiger partial charge in [-0.05, 0) is 26.0 Å². The first-order valence-corrected chi connectivity index (χ1v) is 7.82. The minimum atomic E-state index is -1.65.